The zero-order chi connectivity index (χ0) is 15.0. The average Bonchev–Trinajstić information content (AvgIpc) is 2.86. The van der Waals surface area contributed by atoms with E-state index in [-0.39, 0.29) is 5.82 Å². The largest absolute Gasteiger partial charge is 0.394 e. The maximum absolute atomic E-state index is 9.88. The van der Waals surface area contributed by atoms with Crippen LogP contribution in [0.1, 0.15) is 19.1 Å². The maximum atomic E-state index is 9.88. The Labute approximate surface area is 120 Å². The van der Waals surface area contributed by atoms with Crippen LogP contribution in [0.25, 0.3) is 11.2 Å². The van der Waals surface area contributed by atoms with Crippen LogP contribution in [0.15, 0.2) is 12.7 Å². The molecule has 0 unspecified atom stereocenters. The first-order valence-electron chi connectivity index (χ1n) is 6.67. The summed E-state index contributed by atoms with van der Waals surface area (Å²) in [4.78, 5) is 12.2. The van der Waals surface area contributed by atoms with Gasteiger partial charge in [0.15, 0.2) is 11.5 Å². The van der Waals surface area contributed by atoms with Crippen LogP contribution in [-0.2, 0) is 4.74 Å². The Balaban J connectivity index is 1.96. The normalized spacial score (nSPS) is 30.4. The van der Waals surface area contributed by atoms with E-state index in [9.17, 15) is 15.3 Å². The Morgan fingerprint density at radius 3 is 2.86 bits per heavy atom. The third-order valence-corrected chi connectivity index (χ3v) is 3.69. The highest BCUT2D eigenvalue weighted by molar-refractivity contribution is 5.81. The number of hydrogen-bond donors (Lipinski definition) is 4. The summed E-state index contributed by atoms with van der Waals surface area (Å²) in [5.41, 5.74) is 6.71. The van der Waals surface area contributed by atoms with Crippen LogP contribution in [0.5, 0.6) is 0 Å². The van der Waals surface area contributed by atoms with Crippen LogP contribution in [0, 0.1) is 0 Å². The molecule has 0 aromatic carbocycles. The molecule has 0 bridgehead atoms. The van der Waals surface area contributed by atoms with Gasteiger partial charge < -0.3 is 25.8 Å². The zero-order valence-electron chi connectivity index (χ0n) is 11.2. The summed E-state index contributed by atoms with van der Waals surface area (Å²) in [6.07, 6.45) is 0.194. The Morgan fingerprint density at radius 1 is 1.29 bits per heavy atom. The molecule has 2 aromatic rings. The minimum Gasteiger partial charge on any atom is -0.394 e. The first kappa shape index (κ1) is 14.1. The highest BCUT2D eigenvalue weighted by Crippen LogP contribution is 2.29. The number of hydrogen-bond acceptors (Lipinski definition) is 8. The van der Waals surface area contributed by atoms with Crippen LogP contribution in [0.3, 0.4) is 0 Å². The van der Waals surface area contributed by atoms with Gasteiger partial charge in [-0.15, -0.1) is 0 Å². The van der Waals surface area contributed by atoms with Crippen LogP contribution in [0.2, 0.25) is 0 Å². The van der Waals surface area contributed by atoms with Gasteiger partial charge in [-0.05, 0) is 12.8 Å². The van der Waals surface area contributed by atoms with Crippen molar-refractivity contribution >= 4 is 17.0 Å². The second-order valence-corrected chi connectivity index (χ2v) is 5.03. The number of aliphatic hydroxyl groups excluding tert-OH is 3. The third kappa shape index (κ3) is 2.44. The summed E-state index contributed by atoms with van der Waals surface area (Å²) in [7, 11) is 0. The topological polar surface area (TPSA) is 140 Å². The van der Waals surface area contributed by atoms with Gasteiger partial charge in [0, 0.05) is 0 Å². The fourth-order valence-corrected chi connectivity index (χ4v) is 2.52. The first-order valence-corrected chi connectivity index (χ1v) is 6.67. The molecule has 9 heteroatoms. The zero-order valence-corrected chi connectivity index (χ0v) is 11.2. The minimum atomic E-state index is -1.13. The molecule has 0 radical (unpaired) electrons. The second-order valence-electron chi connectivity index (χ2n) is 5.03. The number of ether oxygens (including phenoxy) is 1. The SMILES string of the molecule is Nc1ncnc2c1ncn2[C@H]1CC[C@@H](O)[C@H](O)[C@@H](CO)O1. The van der Waals surface area contributed by atoms with Gasteiger partial charge in [0.1, 0.15) is 30.3 Å². The number of rotatable bonds is 2. The van der Waals surface area contributed by atoms with Gasteiger partial charge in [-0.25, -0.2) is 15.0 Å². The first-order chi connectivity index (χ1) is 10.1. The van der Waals surface area contributed by atoms with Crippen molar-refractivity contribution in [3.63, 3.8) is 0 Å². The molecule has 3 rings (SSSR count). The molecular formula is C12H17N5O4. The molecule has 3 heterocycles. The lowest BCUT2D eigenvalue weighted by Gasteiger charge is -2.24. The Morgan fingerprint density at radius 2 is 2.10 bits per heavy atom. The number of nitrogens with two attached hydrogens (primary N) is 1. The molecule has 9 nitrogen and oxygen atoms in total. The van der Waals surface area contributed by atoms with Crippen LogP contribution in [-0.4, -0.2) is 59.8 Å². The van der Waals surface area contributed by atoms with Crippen molar-refractivity contribution in [1.82, 2.24) is 19.5 Å². The lowest BCUT2D eigenvalue weighted by molar-refractivity contribution is -0.128. The highest BCUT2D eigenvalue weighted by Gasteiger charge is 2.34. The van der Waals surface area contributed by atoms with Gasteiger partial charge in [0.2, 0.25) is 0 Å². The number of imidazole rings is 1. The molecule has 1 fully saturated rings. The maximum Gasteiger partial charge on any atom is 0.167 e. The van der Waals surface area contributed by atoms with Crippen molar-refractivity contribution in [1.29, 1.82) is 0 Å². The molecule has 1 saturated heterocycles. The molecule has 5 N–H and O–H groups in total. The molecule has 1 aliphatic heterocycles. The number of nitrogen functional groups attached to an aromatic ring is 1. The van der Waals surface area contributed by atoms with E-state index in [2.05, 4.69) is 15.0 Å². The summed E-state index contributed by atoms with van der Waals surface area (Å²) in [5.74, 6) is 0.270. The van der Waals surface area contributed by atoms with E-state index in [1.54, 1.807) is 4.57 Å². The van der Waals surface area contributed by atoms with E-state index in [0.717, 1.165) is 0 Å². The van der Waals surface area contributed by atoms with E-state index in [1.807, 2.05) is 0 Å². The lowest BCUT2D eigenvalue weighted by atomic mass is 10.1. The number of anilines is 1. The van der Waals surface area contributed by atoms with Crippen molar-refractivity contribution in [3.05, 3.63) is 12.7 Å². The fraction of sp³-hybridized carbons (Fsp3) is 0.583. The quantitative estimate of drug-likeness (QED) is 0.541. The average molecular weight is 295 g/mol. The summed E-state index contributed by atoms with van der Waals surface area (Å²) < 4.78 is 7.36. The molecule has 0 saturated carbocycles. The molecule has 0 spiro atoms. The van der Waals surface area contributed by atoms with Crippen LogP contribution >= 0.6 is 0 Å². The van der Waals surface area contributed by atoms with Gasteiger partial charge in [0.05, 0.1) is 19.0 Å². The molecular weight excluding hydrogens is 278 g/mol. The van der Waals surface area contributed by atoms with Crippen molar-refractivity contribution < 1.29 is 20.1 Å². The second kappa shape index (κ2) is 5.53. The summed E-state index contributed by atoms with van der Waals surface area (Å²) in [6.45, 7) is -0.390. The van der Waals surface area contributed by atoms with Crippen molar-refractivity contribution in [2.24, 2.45) is 0 Å². The van der Waals surface area contributed by atoms with Gasteiger partial charge in [-0.1, -0.05) is 0 Å². The van der Waals surface area contributed by atoms with Crippen molar-refractivity contribution in [3.8, 4) is 0 Å². The smallest absolute Gasteiger partial charge is 0.167 e. The number of fused-ring (bicyclic) bond motifs is 1. The summed E-state index contributed by atoms with van der Waals surface area (Å²) >= 11 is 0. The predicted octanol–water partition coefficient (Wildman–Crippen LogP) is -1.20. The fourth-order valence-electron chi connectivity index (χ4n) is 2.52. The number of nitrogens with zero attached hydrogens (tertiary/aromatic N) is 4. The minimum absolute atomic E-state index is 0.270. The number of aromatic nitrogens is 4. The van der Waals surface area contributed by atoms with Gasteiger partial charge in [0.25, 0.3) is 0 Å². The molecule has 0 amide bonds. The number of aliphatic hydroxyl groups is 3. The third-order valence-electron chi connectivity index (χ3n) is 3.69. The molecule has 114 valence electrons. The van der Waals surface area contributed by atoms with E-state index in [0.29, 0.717) is 24.0 Å². The summed E-state index contributed by atoms with van der Waals surface area (Å²) in [5, 5.41) is 29.0. The van der Waals surface area contributed by atoms with E-state index >= 15 is 0 Å². The van der Waals surface area contributed by atoms with Gasteiger partial charge >= 0.3 is 0 Å². The molecule has 4 atom stereocenters. The monoisotopic (exact) mass is 295 g/mol. The van der Waals surface area contributed by atoms with E-state index in [4.69, 9.17) is 10.5 Å². The molecule has 21 heavy (non-hydrogen) atoms. The highest BCUT2D eigenvalue weighted by atomic mass is 16.5. The molecule has 1 aliphatic rings. The van der Waals surface area contributed by atoms with E-state index < -0.39 is 31.1 Å². The van der Waals surface area contributed by atoms with Gasteiger partial charge in [-0.3, -0.25) is 4.57 Å². The van der Waals surface area contributed by atoms with Gasteiger partial charge in [-0.2, -0.15) is 0 Å². The van der Waals surface area contributed by atoms with Crippen LogP contribution in [0.4, 0.5) is 5.82 Å². The van der Waals surface area contributed by atoms with Crippen molar-refractivity contribution in [2.75, 3.05) is 12.3 Å². The van der Waals surface area contributed by atoms with Crippen LogP contribution < -0.4 is 5.73 Å². The predicted molar refractivity (Wildman–Crippen MR) is 72.0 cm³/mol. The molecule has 0 aliphatic carbocycles. The summed E-state index contributed by atoms with van der Waals surface area (Å²) in [6, 6.07) is 0. The lowest BCUT2D eigenvalue weighted by Crippen LogP contribution is -2.39. The van der Waals surface area contributed by atoms with E-state index in [1.165, 1.54) is 12.7 Å². The molecule has 2 aromatic heterocycles. The van der Waals surface area contributed by atoms with Crippen molar-refractivity contribution in [2.45, 2.75) is 37.4 Å². The Hall–Kier alpha value is -1.81. The Kier molecular flexibility index (Phi) is 3.72. The standard InChI is InChI=1S/C12H17N5O4/c13-11-9-12(15-4-14-11)17(5-16-9)8-2-1-6(19)10(20)7(3-18)21-8/h4-8,10,18-20H,1-3H2,(H2,13,14,15)/t6-,7-,8-,10+/m1/s1. The Bertz CT molecular complexity index is 633.